The van der Waals surface area contributed by atoms with Crippen LogP contribution in [0.25, 0.3) is 10.8 Å². The molecular weight excluding hydrogens is 300 g/mol. The zero-order chi connectivity index (χ0) is 15.6. The number of anilines is 1. The smallest absolute Gasteiger partial charge is 0.261 e. The van der Waals surface area contributed by atoms with Crippen molar-refractivity contribution >= 4 is 26.5 Å². The minimum Gasteiger partial charge on any atom is -0.497 e. The van der Waals surface area contributed by atoms with E-state index in [-0.39, 0.29) is 4.90 Å². The number of hydrogen-bond acceptors (Lipinski definition) is 4. The number of pyridine rings is 1. The van der Waals surface area contributed by atoms with Crippen LogP contribution in [0, 0.1) is 0 Å². The summed E-state index contributed by atoms with van der Waals surface area (Å²) in [7, 11) is -2.05. The maximum atomic E-state index is 12.4. The van der Waals surface area contributed by atoms with Gasteiger partial charge >= 0.3 is 0 Å². The van der Waals surface area contributed by atoms with Gasteiger partial charge in [0.15, 0.2) is 0 Å². The van der Waals surface area contributed by atoms with Crippen LogP contribution in [0.4, 0.5) is 5.69 Å². The number of sulfonamides is 1. The average molecular weight is 314 g/mol. The Morgan fingerprint density at radius 2 is 1.82 bits per heavy atom. The van der Waals surface area contributed by atoms with Gasteiger partial charge in [-0.05, 0) is 47.2 Å². The van der Waals surface area contributed by atoms with Crippen LogP contribution >= 0.6 is 0 Å². The van der Waals surface area contributed by atoms with Crippen LogP contribution in [-0.4, -0.2) is 20.5 Å². The second-order valence-electron chi connectivity index (χ2n) is 4.72. The quantitative estimate of drug-likeness (QED) is 0.803. The maximum Gasteiger partial charge on any atom is 0.261 e. The molecule has 0 aliphatic carbocycles. The highest BCUT2D eigenvalue weighted by Crippen LogP contribution is 2.24. The predicted octanol–water partition coefficient (Wildman–Crippen LogP) is 3.04. The summed E-state index contributed by atoms with van der Waals surface area (Å²) in [6.07, 6.45) is 3.05. The van der Waals surface area contributed by atoms with Crippen LogP contribution in [0.5, 0.6) is 5.75 Å². The number of methoxy groups -OCH3 is 1. The van der Waals surface area contributed by atoms with E-state index in [9.17, 15) is 8.42 Å². The first-order valence-corrected chi connectivity index (χ1v) is 8.07. The van der Waals surface area contributed by atoms with E-state index in [1.165, 1.54) is 6.20 Å². The van der Waals surface area contributed by atoms with Crippen LogP contribution in [0.15, 0.2) is 65.8 Å². The van der Waals surface area contributed by atoms with E-state index in [2.05, 4.69) is 9.71 Å². The highest BCUT2D eigenvalue weighted by atomic mass is 32.2. The van der Waals surface area contributed by atoms with Gasteiger partial charge in [-0.2, -0.15) is 0 Å². The Bertz CT molecular complexity index is 909. The van der Waals surface area contributed by atoms with Crippen LogP contribution in [0.2, 0.25) is 0 Å². The highest BCUT2D eigenvalue weighted by Gasteiger charge is 2.14. The van der Waals surface area contributed by atoms with Gasteiger partial charge in [-0.3, -0.25) is 9.71 Å². The van der Waals surface area contributed by atoms with Gasteiger partial charge in [0.25, 0.3) is 10.0 Å². The van der Waals surface area contributed by atoms with Crippen molar-refractivity contribution in [1.82, 2.24) is 4.98 Å². The zero-order valence-corrected chi connectivity index (χ0v) is 12.7. The number of fused-ring (bicyclic) bond motifs is 1. The topological polar surface area (TPSA) is 68.3 Å². The summed E-state index contributed by atoms with van der Waals surface area (Å²) in [6.45, 7) is 0. The first-order chi connectivity index (χ1) is 10.6. The highest BCUT2D eigenvalue weighted by molar-refractivity contribution is 7.92. The van der Waals surface area contributed by atoms with Gasteiger partial charge in [0, 0.05) is 6.20 Å². The summed E-state index contributed by atoms with van der Waals surface area (Å²) in [5.41, 5.74) is 0.428. The van der Waals surface area contributed by atoms with Gasteiger partial charge in [0.05, 0.1) is 23.9 Å². The van der Waals surface area contributed by atoms with E-state index in [4.69, 9.17) is 4.74 Å². The lowest BCUT2D eigenvalue weighted by molar-refractivity contribution is 0.415. The first-order valence-electron chi connectivity index (χ1n) is 6.59. The second-order valence-corrected chi connectivity index (χ2v) is 6.40. The number of ether oxygens (including phenoxy) is 1. The minimum atomic E-state index is -3.64. The van der Waals surface area contributed by atoms with Gasteiger partial charge in [-0.15, -0.1) is 0 Å². The zero-order valence-electron chi connectivity index (χ0n) is 11.9. The molecule has 0 atom stereocenters. The Hall–Kier alpha value is -2.60. The Kier molecular flexibility index (Phi) is 3.68. The molecule has 0 aliphatic heterocycles. The summed E-state index contributed by atoms with van der Waals surface area (Å²) in [4.78, 5) is 4.09. The van der Waals surface area contributed by atoms with E-state index >= 15 is 0 Å². The normalized spacial score (nSPS) is 11.3. The van der Waals surface area contributed by atoms with Gasteiger partial charge in [-0.1, -0.05) is 12.1 Å². The second kappa shape index (κ2) is 5.65. The molecule has 0 aliphatic rings. The molecule has 1 N–H and O–H groups in total. The molecule has 0 fully saturated rings. The summed E-state index contributed by atoms with van der Waals surface area (Å²) in [6, 6.07) is 13.8. The minimum absolute atomic E-state index is 0.203. The molecule has 3 aromatic rings. The van der Waals surface area contributed by atoms with Crippen molar-refractivity contribution in [3.05, 3.63) is 60.9 Å². The molecule has 0 unspecified atom stereocenters. The molecule has 0 amide bonds. The molecule has 0 spiro atoms. The van der Waals surface area contributed by atoms with Crippen molar-refractivity contribution in [2.24, 2.45) is 0 Å². The van der Waals surface area contributed by atoms with Crippen LogP contribution in [0.3, 0.4) is 0 Å². The summed E-state index contributed by atoms with van der Waals surface area (Å²) < 4.78 is 32.5. The lowest BCUT2D eigenvalue weighted by Gasteiger charge is -2.09. The third-order valence-corrected chi connectivity index (χ3v) is 4.62. The Balaban J connectivity index is 1.98. The monoisotopic (exact) mass is 314 g/mol. The number of benzene rings is 2. The van der Waals surface area contributed by atoms with Crippen molar-refractivity contribution in [3.63, 3.8) is 0 Å². The molecule has 6 heteroatoms. The Morgan fingerprint density at radius 3 is 2.55 bits per heavy atom. The standard InChI is InChI=1S/C16H14N2O3S/c1-21-15-6-4-13-10-16(7-5-12(13)9-15)22(19,20)18-14-3-2-8-17-11-14/h2-11,18H,1H3. The molecule has 3 rings (SSSR count). The number of aromatic nitrogens is 1. The SMILES string of the molecule is COc1ccc2cc(S(=O)(=O)Nc3cccnc3)ccc2c1. The van der Waals surface area contributed by atoms with Crippen molar-refractivity contribution in [2.75, 3.05) is 11.8 Å². The largest absolute Gasteiger partial charge is 0.497 e. The summed E-state index contributed by atoms with van der Waals surface area (Å²) >= 11 is 0. The van der Waals surface area contributed by atoms with Crippen LogP contribution in [-0.2, 0) is 10.0 Å². The lowest BCUT2D eigenvalue weighted by Crippen LogP contribution is -2.12. The third kappa shape index (κ3) is 2.87. The molecule has 112 valence electrons. The summed E-state index contributed by atoms with van der Waals surface area (Å²) in [5.74, 6) is 0.733. The van der Waals surface area contributed by atoms with E-state index in [1.807, 2.05) is 12.1 Å². The molecule has 22 heavy (non-hydrogen) atoms. The molecular formula is C16H14N2O3S. The van der Waals surface area contributed by atoms with Gasteiger partial charge < -0.3 is 4.74 Å². The lowest BCUT2D eigenvalue weighted by atomic mass is 10.1. The third-order valence-electron chi connectivity index (χ3n) is 3.24. The van der Waals surface area contributed by atoms with Crippen molar-refractivity contribution in [2.45, 2.75) is 4.90 Å². The molecule has 1 aromatic heterocycles. The molecule has 0 bridgehead atoms. The maximum absolute atomic E-state index is 12.4. The van der Waals surface area contributed by atoms with E-state index < -0.39 is 10.0 Å². The van der Waals surface area contributed by atoms with Gasteiger partial charge in [0.1, 0.15) is 5.75 Å². The Labute approximate surface area is 128 Å². The van der Waals surface area contributed by atoms with E-state index in [0.717, 1.165) is 16.5 Å². The first kappa shape index (κ1) is 14.3. The van der Waals surface area contributed by atoms with E-state index in [1.54, 1.807) is 49.7 Å². The summed E-state index contributed by atoms with van der Waals surface area (Å²) in [5, 5.41) is 1.74. The van der Waals surface area contributed by atoms with Crippen molar-refractivity contribution in [3.8, 4) is 5.75 Å². The molecule has 5 nitrogen and oxygen atoms in total. The van der Waals surface area contributed by atoms with Gasteiger partial charge in [-0.25, -0.2) is 8.42 Å². The Morgan fingerprint density at radius 1 is 1.05 bits per heavy atom. The number of nitrogens with one attached hydrogen (secondary N) is 1. The predicted molar refractivity (Wildman–Crippen MR) is 85.5 cm³/mol. The number of rotatable bonds is 4. The fourth-order valence-corrected chi connectivity index (χ4v) is 3.21. The van der Waals surface area contributed by atoms with Crippen molar-refractivity contribution in [1.29, 1.82) is 0 Å². The number of hydrogen-bond donors (Lipinski definition) is 1. The van der Waals surface area contributed by atoms with Crippen LogP contribution < -0.4 is 9.46 Å². The molecule has 0 saturated carbocycles. The fourth-order valence-electron chi connectivity index (χ4n) is 2.13. The van der Waals surface area contributed by atoms with Crippen molar-refractivity contribution < 1.29 is 13.2 Å². The fraction of sp³-hybridized carbons (Fsp3) is 0.0625. The molecule has 1 heterocycles. The molecule has 0 radical (unpaired) electrons. The molecule has 0 saturated heterocycles. The van der Waals surface area contributed by atoms with E-state index in [0.29, 0.717) is 5.69 Å². The molecule has 2 aromatic carbocycles. The van der Waals surface area contributed by atoms with Crippen LogP contribution in [0.1, 0.15) is 0 Å². The van der Waals surface area contributed by atoms with Gasteiger partial charge in [0.2, 0.25) is 0 Å². The number of nitrogens with zero attached hydrogens (tertiary/aromatic N) is 1. The average Bonchev–Trinajstić information content (AvgIpc) is 2.54.